The molecule has 4 heterocycles. The number of aromatic nitrogens is 4. The number of nitrogens with zero attached hydrogens (tertiary/aromatic N) is 4. The van der Waals surface area contributed by atoms with Gasteiger partial charge >= 0.3 is 26.1 Å². The molecule has 0 aliphatic carbocycles. The average molecular weight is 790 g/mol. The number of rotatable bonds is 4. The van der Waals surface area contributed by atoms with Crippen molar-refractivity contribution >= 4 is 27.9 Å². The van der Waals surface area contributed by atoms with Crippen LogP contribution in [0.25, 0.3) is 55.8 Å². The Morgan fingerprint density at radius 3 is 1.70 bits per heavy atom. The van der Waals surface area contributed by atoms with Gasteiger partial charge in [0.25, 0.3) is 0 Å². The van der Waals surface area contributed by atoms with Crippen LogP contribution in [0.3, 0.4) is 0 Å². The van der Waals surface area contributed by atoms with Gasteiger partial charge in [0.15, 0.2) is 0 Å². The van der Waals surface area contributed by atoms with Crippen molar-refractivity contribution in [2.45, 2.75) is 0 Å². The summed E-state index contributed by atoms with van der Waals surface area (Å²) in [5.41, 5.74) is 6.26. The minimum Gasteiger partial charge on any atom is -0.478 e. The van der Waals surface area contributed by atoms with E-state index >= 15 is 0 Å². The summed E-state index contributed by atoms with van der Waals surface area (Å²) in [6.07, 6.45) is 6.13. The van der Waals surface area contributed by atoms with Gasteiger partial charge in [-0.3, -0.25) is 9.97 Å². The number of fused-ring (bicyclic) bond motifs is 3. The molecule has 8 aromatic rings. The second-order valence-electron chi connectivity index (χ2n) is 9.81. The van der Waals surface area contributed by atoms with E-state index in [4.69, 9.17) is 9.52 Å². The molecule has 47 heavy (non-hydrogen) atoms. The molecule has 0 amide bonds. The molecule has 0 radical (unpaired) electrons. The molecule has 0 saturated carbocycles. The second-order valence-corrected chi connectivity index (χ2v) is 9.81. The number of pyridine rings is 2. The molecule has 8 rings (SSSR count). The molecule has 7 nitrogen and oxygen atoms in total. The monoisotopic (exact) mass is 790 g/mol. The molecule has 0 aliphatic rings. The summed E-state index contributed by atoms with van der Waals surface area (Å²) >= 11 is 0. The van der Waals surface area contributed by atoms with Gasteiger partial charge in [0.1, 0.15) is 5.58 Å². The van der Waals surface area contributed by atoms with Gasteiger partial charge in [-0.2, -0.15) is 0 Å². The number of hydrogen-bond acceptors (Lipinski definition) is 6. The maximum absolute atomic E-state index is 10.8. The summed E-state index contributed by atoms with van der Waals surface area (Å²) in [7, 11) is 0. The van der Waals surface area contributed by atoms with E-state index in [0.717, 1.165) is 44.5 Å². The summed E-state index contributed by atoms with van der Waals surface area (Å²) < 4.78 is 5.81. The van der Waals surface area contributed by atoms with Gasteiger partial charge in [0.05, 0.1) is 17.0 Å². The second kappa shape index (κ2) is 16.0. The number of furan rings is 1. The van der Waals surface area contributed by atoms with Crippen LogP contribution < -0.4 is 0 Å². The Morgan fingerprint density at radius 1 is 0.596 bits per heavy atom. The summed E-state index contributed by atoms with van der Waals surface area (Å²) in [4.78, 5) is 27.4. The molecule has 1 N–H and O–H groups in total. The predicted molar refractivity (Wildman–Crippen MR) is 178 cm³/mol. The zero-order valence-electron chi connectivity index (χ0n) is 24.7. The fraction of sp³-hybridized carbons (Fsp3) is 0. The van der Waals surface area contributed by atoms with E-state index in [0.29, 0.717) is 11.4 Å². The van der Waals surface area contributed by atoms with Crippen molar-refractivity contribution in [3.8, 4) is 33.9 Å². The minimum absolute atomic E-state index is 0. The molecule has 8 heteroatoms. The fourth-order valence-corrected chi connectivity index (χ4v) is 4.52. The summed E-state index contributed by atoms with van der Waals surface area (Å²) in [5, 5.41) is 10.9. The van der Waals surface area contributed by atoms with Crippen LogP contribution in [-0.4, -0.2) is 31.0 Å². The number of hydrogen-bond donors (Lipinski definition) is 1. The molecule has 0 aliphatic heterocycles. The number of carboxylic acids is 1. The first-order valence-electron chi connectivity index (χ1n) is 14.3. The van der Waals surface area contributed by atoms with Crippen molar-refractivity contribution in [2.75, 3.05) is 0 Å². The Hall–Kier alpha value is -5.82. The number of para-hydroxylation sites is 1. The van der Waals surface area contributed by atoms with Crippen LogP contribution >= 0.6 is 0 Å². The molecular formula is C39H25IrN4O3. The summed E-state index contributed by atoms with van der Waals surface area (Å²) in [6, 6.07) is 48.2. The largest absolute Gasteiger partial charge is 3.00 e. The smallest absolute Gasteiger partial charge is 0.478 e. The van der Waals surface area contributed by atoms with Crippen LogP contribution in [0.2, 0.25) is 0 Å². The van der Waals surface area contributed by atoms with Crippen LogP contribution in [0.5, 0.6) is 0 Å². The predicted octanol–water partition coefficient (Wildman–Crippen LogP) is 8.64. The maximum atomic E-state index is 10.8. The molecule has 4 aromatic carbocycles. The zero-order valence-corrected chi connectivity index (χ0v) is 27.1. The molecule has 0 atom stereocenters. The molecule has 0 fully saturated rings. The normalized spacial score (nSPS) is 10.1. The van der Waals surface area contributed by atoms with Gasteiger partial charge < -0.3 is 19.5 Å². The van der Waals surface area contributed by atoms with Crippen molar-refractivity contribution in [1.82, 2.24) is 19.9 Å². The molecule has 0 saturated heterocycles. The van der Waals surface area contributed by atoms with E-state index in [2.05, 4.69) is 38.1 Å². The first-order valence-corrected chi connectivity index (χ1v) is 14.3. The first-order chi connectivity index (χ1) is 22.7. The molecule has 4 aromatic heterocycles. The third-order valence-electron chi connectivity index (χ3n) is 6.75. The number of carboxylic acid groups (broad SMARTS) is 1. The minimum atomic E-state index is -1.05. The fourth-order valence-electron chi connectivity index (χ4n) is 4.52. The Kier molecular flexibility index (Phi) is 11.1. The quantitative estimate of drug-likeness (QED) is 0.178. The van der Waals surface area contributed by atoms with Crippen molar-refractivity contribution in [1.29, 1.82) is 0 Å². The van der Waals surface area contributed by atoms with Crippen molar-refractivity contribution < 1.29 is 34.4 Å². The van der Waals surface area contributed by atoms with E-state index in [1.807, 2.05) is 121 Å². The number of carbonyl (C=O) groups is 1. The Morgan fingerprint density at radius 2 is 1.17 bits per heavy atom. The maximum Gasteiger partial charge on any atom is 3.00 e. The topological polar surface area (TPSA) is 102 Å². The molecular weight excluding hydrogens is 765 g/mol. The van der Waals surface area contributed by atoms with Gasteiger partial charge in [-0.25, -0.2) is 4.79 Å². The van der Waals surface area contributed by atoms with Crippen molar-refractivity contribution in [3.05, 3.63) is 170 Å². The van der Waals surface area contributed by atoms with Crippen LogP contribution in [0.1, 0.15) is 10.4 Å². The Bertz CT molecular complexity index is 2010. The molecule has 0 unspecified atom stereocenters. The molecule has 228 valence electrons. The summed E-state index contributed by atoms with van der Waals surface area (Å²) in [5.74, 6) is -0.643. The summed E-state index contributed by atoms with van der Waals surface area (Å²) in [6.45, 7) is 0. The number of benzene rings is 4. The van der Waals surface area contributed by atoms with Gasteiger partial charge in [0, 0.05) is 24.8 Å². The number of aromatic carboxylic acids is 1. The third kappa shape index (κ3) is 8.27. The van der Waals surface area contributed by atoms with E-state index in [1.54, 1.807) is 12.4 Å². The molecule has 0 spiro atoms. The Labute approximate surface area is 285 Å². The van der Waals surface area contributed by atoms with E-state index in [9.17, 15) is 4.79 Å². The van der Waals surface area contributed by atoms with E-state index in [1.165, 1.54) is 12.4 Å². The van der Waals surface area contributed by atoms with Crippen LogP contribution in [0.4, 0.5) is 0 Å². The van der Waals surface area contributed by atoms with Gasteiger partial charge in [0.2, 0.25) is 0 Å². The van der Waals surface area contributed by atoms with E-state index in [-0.39, 0.29) is 25.7 Å². The van der Waals surface area contributed by atoms with Crippen LogP contribution in [-0.2, 0) is 20.1 Å². The Balaban J connectivity index is 0.000000148. The van der Waals surface area contributed by atoms with Gasteiger partial charge in [-0.1, -0.05) is 53.9 Å². The van der Waals surface area contributed by atoms with Crippen LogP contribution in [0, 0.1) is 18.2 Å². The molecule has 0 bridgehead atoms. The first kappa shape index (κ1) is 32.6. The van der Waals surface area contributed by atoms with E-state index < -0.39 is 5.97 Å². The van der Waals surface area contributed by atoms with Crippen molar-refractivity contribution in [2.24, 2.45) is 0 Å². The van der Waals surface area contributed by atoms with Gasteiger partial charge in [-0.15, -0.1) is 89.5 Å². The van der Waals surface area contributed by atoms with Gasteiger partial charge in [-0.05, 0) is 35.0 Å². The standard InChI is InChI=1S/C17H9N2O3.2C11H8N.Ir/c20-17(21)11-8-18-16(19-9-11)10-5-6-13-12-3-1-2-4-14(12)22-15(13)7-10;2*1-2-6-10(7-3-1)11-8-4-5-9-12-11;/h1-4,6-9H,(H,20,21);2*1-6,8-9H;/q3*-1;+3. The zero-order chi connectivity index (χ0) is 31.6. The van der Waals surface area contributed by atoms with Crippen molar-refractivity contribution in [3.63, 3.8) is 0 Å². The third-order valence-corrected chi connectivity index (χ3v) is 6.75. The average Bonchev–Trinajstić information content (AvgIpc) is 3.52. The van der Waals surface area contributed by atoms with Crippen LogP contribution in [0.15, 0.2) is 151 Å². The SMILES string of the molecule is O=C(O)c1cnc(-c2[c-]cc3c(c2)oc2ccccc23)nc1.[Ir+3].[c-]1ccccc1-c1ccccn1.[c-]1ccccc1-c1ccccn1.